The molecule has 1 aromatic rings. The minimum absolute atomic E-state index is 0.151. The number of nitrogens with zero attached hydrogens (tertiary/aromatic N) is 2. The zero-order valence-electron chi connectivity index (χ0n) is 12.3. The molecule has 1 fully saturated rings. The van der Waals surface area contributed by atoms with E-state index in [9.17, 15) is 10.1 Å². The molecule has 1 aliphatic heterocycles. The van der Waals surface area contributed by atoms with E-state index < -0.39 is 0 Å². The minimum atomic E-state index is -0.355. The predicted molar refractivity (Wildman–Crippen MR) is 81.2 cm³/mol. The highest BCUT2D eigenvalue weighted by atomic mass is 16.6. The van der Waals surface area contributed by atoms with Crippen LogP contribution in [0.5, 0.6) is 0 Å². The minimum Gasteiger partial charge on any atom is -0.384 e. The Morgan fingerprint density at radius 1 is 1.40 bits per heavy atom. The van der Waals surface area contributed by atoms with E-state index in [0.717, 1.165) is 30.3 Å². The van der Waals surface area contributed by atoms with Gasteiger partial charge in [0.25, 0.3) is 5.69 Å². The van der Waals surface area contributed by atoms with Gasteiger partial charge in [-0.25, -0.2) is 0 Å². The number of nitrogens with one attached hydrogen (secondary N) is 1. The second kappa shape index (κ2) is 6.70. The predicted octanol–water partition coefficient (Wildman–Crippen LogP) is 3.05. The number of aryl methyl sites for hydroxylation is 1. The first-order valence-corrected chi connectivity index (χ1v) is 7.27. The van der Waals surface area contributed by atoms with Crippen molar-refractivity contribution in [3.8, 4) is 0 Å². The third-order valence-corrected chi connectivity index (χ3v) is 4.04. The SMILES string of the molecule is Cc1cc([N+](=O)[O-])ccc1NCCN1CCC(C)CC1. The Morgan fingerprint density at radius 2 is 2.10 bits per heavy atom. The average molecular weight is 277 g/mol. The molecule has 0 aromatic heterocycles. The molecule has 1 aliphatic rings. The van der Waals surface area contributed by atoms with Gasteiger partial charge in [-0.1, -0.05) is 6.92 Å². The van der Waals surface area contributed by atoms with E-state index in [1.165, 1.54) is 25.9 Å². The van der Waals surface area contributed by atoms with Gasteiger partial charge < -0.3 is 10.2 Å². The molecule has 0 atom stereocenters. The Bertz CT molecular complexity index is 468. The van der Waals surface area contributed by atoms with Crippen LogP contribution in [0.2, 0.25) is 0 Å². The number of piperidine rings is 1. The fraction of sp³-hybridized carbons (Fsp3) is 0.600. The number of rotatable bonds is 5. The molecule has 0 amide bonds. The highest BCUT2D eigenvalue weighted by molar-refractivity contribution is 5.55. The van der Waals surface area contributed by atoms with E-state index in [2.05, 4.69) is 17.1 Å². The van der Waals surface area contributed by atoms with Crippen molar-refractivity contribution in [1.29, 1.82) is 0 Å². The number of hydrogen-bond donors (Lipinski definition) is 1. The van der Waals surface area contributed by atoms with Crippen molar-refractivity contribution >= 4 is 11.4 Å². The van der Waals surface area contributed by atoms with E-state index in [-0.39, 0.29) is 10.6 Å². The summed E-state index contributed by atoms with van der Waals surface area (Å²) in [5.41, 5.74) is 2.06. The van der Waals surface area contributed by atoms with E-state index in [1.54, 1.807) is 18.2 Å². The number of non-ortho nitro benzene ring substituents is 1. The Labute approximate surface area is 120 Å². The summed E-state index contributed by atoms with van der Waals surface area (Å²) in [6.45, 7) is 8.49. The smallest absolute Gasteiger partial charge is 0.269 e. The van der Waals surface area contributed by atoms with Crippen LogP contribution in [0.3, 0.4) is 0 Å². The molecule has 0 radical (unpaired) electrons. The lowest BCUT2D eigenvalue weighted by Gasteiger charge is -2.30. The second-order valence-corrected chi connectivity index (χ2v) is 5.71. The maximum atomic E-state index is 10.7. The molecule has 5 heteroatoms. The molecule has 5 nitrogen and oxygen atoms in total. The lowest BCUT2D eigenvalue weighted by molar-refractivity contribution is -0.384. The highest BCUT2D eigenvalue weighted by Crippen LogP contribution is 2.21. The molecule has 1 aromatic carbocycles. The maximum absolute atomic E-state index is 10.7. The molecular weight excluding hydrogens is 254 g/mol. The fourth-order valence-corrected chi connectivity index (χ4v) is 2.59. The first kappa shape index (κ1) is 14.8. The molecule has 110 valence electrons. The van der Waals surface area contributed by atoms with Crippen molar-refractivity contribution in [2.45, 2.75) is 26.7 Å². The van der Waals surface area contributed by atoms with Crippen LogP contribution in [0.15, 0.2) is 18.2 Å². The van der Waals surface area contributed by atoms with E-state index in [0.29, 0.717) is 0 Å². The summed E-state index contributed by atoms with van der Waals surface area (Å²) < 4.78 is 0. The van der Waals surface area contributed by atoms with Crippen molar-refractivity contribution < 1.29 is 4.92 Å². The third kappa shape index (κ3) is 3.93. The lowest BCUT2D eigenvalue weighted by Crippen LogP contribution is -2.36. The van der Waals surface area contributed by atoms with Gasteiger partial charge in [0.2, 0.25) is 0 Å². The van der Waals surface area contributed by atoms with E-state index in [1.807, 2.05) is 6.92 Å². The third-order valence-electron chi connectivity index (χ3n) is 4.04. The summed E-state index contributed by atoms with van der Waals surface area (Å²) in [5, 5.41) is 14.1. The van der Waals surface area contributed by atoms with Crippen molar-refractivity contribution in [3.63, 3.8) is 0 Å². The van der Waals surface area contributed by atoms with Gasteiger partial charge in [0.1, 0.15) is 0 Å². The fourth-order valence-electron chi connectivity index (χ4n) is 2.59. The van der Waals surface area contributed by atoms with Crippen molar-refractivity contribution in [3.05, 3.63) is 33.9 Å². The molecule has 1 saturated heterocycles. The van der Waals surface area contributed by atoms with Gasteiger partial charge in [-0.05, 0) is 50.4 Å². The molecule has 1 N–H and O–H groups in total. The summed E-state index contributed by atoms with van der Waals surface area (Å²) in [6, 6.07) is 4.97. The number of likely N-dealkylation sites (tertiary alicyclic amines) is 1. The second-order valence-electron chi connectivity index (χ2n) is 5.71. The molecule has 0 bridgehead atoms. The van der Waals surface area contributed by atoms with Gasteiger partial charge in [0, 0.05) is 30.9 Å². The van der Waals surface area contributed by atoms with Crippen LogP contribution in [0.1, 0.15) is 25.3 Å². The van der Waals surface area contributed by atoms with Gasteiger partial charge in [-0.15, -0.1) is 0 Å². The molecule has 0 saturated carbocycles. The number of nitro benzene ring substituents is 1. The van der Waals surface area contributed by atoms with Crippen molar-refractivity contribution in [2.75, 3.05) is 31.5 Å². The van der Waals surface area contributed by atoms with Crippen LogP contribution in [0.4, 0.5) is 11.4 Å². The maximum Gasteiger partial charge on any atom is 0.269 e. The Kier molecular flexibility index (Phi) is 4.95. The number of nitro groups is 1. The molecule has 0 spiro atoms. The first-order valence-electron chi connectivity index (χ1n) is 7.27. The van der Waals surface area contributed by atoms with Crippen molar-refractivity contribution in [2.24, 2.45) is 5.92 Å². The van der Waals surface area contributed by atoms with Gasteiger partial charge >= 0.3 is 0 Å². The van der Waals surface area contributed by atoms with E-state index in [4.69, 9.17) is 0 Å². The van der Waals surface area contributed by atoms with Gasteiger partial charge in [0.05, 0.1) is 4.92 Å². The topological polar surface area (TPSA) is 58.4 Å². The molecular formula is C15H23N3O2. The normalized spacial score (nSPS) is 17.1. The van der Waals surface area contributed by atoms with Crippen LogP contribution in [0.25, 0.3) is 0 Å². The molecule has 2 rings (SSSR count). The standard InChI is InChI=1S/C15H23N3O2/c1-12-5-8-17(9-6-12)10-7-16-15-4-3-14(18(19)20)11-13(15)2/h3-4,11-12,16H,5-10H2,1-2H3. The van der Waals surface area contributed by atoms with E-state index >= 15 is 0 Å². The van der Waals surface area contributed by atoms with Crippen molar-refractivity contribution in [1.82, 2.24) is 4.90 Å². The van der Waals surface area contributed by atoms with Crippen LogP contribution >= 0.6 is 0 Å². The first-order chi connectivity index (χ1) is 9.56. The lowest BCUT2D eigenvalue weighted by atomic mass is 9.99. The van der Waals surface area contributed by atoms with Crippen LogP contribution in [0, 0.1) is 23.0 Å². The number of benzene rings is 1. The van der Waals surface area contributed by atoms with Gasteiger partial charge in [-0.2, -0.15) is 0 Å². The summed E-state index contributed by atoms with van der Waals surface area (Å²) in [4.78, 5) is 12.8. The summed E-state index contributed by atoms with van der Waals surface area (Å²) in [5.74, 6) is 0.858. The summed E-state index contributed by atoms with van der Waals surface area (Å²) in [7, 11) is 0. The quantitative estimate of drug-likeness (QED) is 0.664. The monoisotopic (exact) mass is 277 g/mol. The summed E-state index contributed by atoms with van der Waals surface area (Å²) in [6.07, 6.45) is 2.58. The zero-order chi connectivity index (χ0) is 14.5. The van der Waals surface area contributed by atoms with Gasteiger partial charge in [-0.3, -0.25) is 10.1 Å². The zero-order valence-corrected chi connectivity index (χ0v) is 12.3. The molecule has 0 aliphatic carbocycles. The number of anilines is 1. The van der Waals surface area contributed by atoms with Crippen LogP contribution in [-0.2, 0) is 0 Å². The largest absolute Gasteiger partial charge is 0.384 e. The summed E-state index contributed by atoms with van der Waals surface area (Å²) >= 11 is 0. The Balaban J connectivity index is 1.81. The Hall–Kier alpha value is -1.62. The number of hydrogen-bond acceptors (Lipinski definition) is 4. The molecule has 20 heavy (non-hydrogen) atoms. The highest BCUT2D eigenvalue weighted by Gasteiger charge is 2.15. The van der Waals surface area contributed by atoms with Gasteiger partial charge in [0.15, 0.2) is 0 Å². The van der Waals surface area contributed by atoms with Crippen LogP contribution in [-0.4, -0.2) is 36.0 Å². The molecule has 0 unspecified atom stereocenters. The average Bonchev–Trinajstić information content (AvgIpc) is 2.42. The molecule has 1 heterocycles. The van der Waals surface area contributed by atoms with Crippen LogP contribution < -0.4 is 5.32 Å². The Morgan fingerprint density at radius 3 is 2.70 bits per heavy atom.